The summed E-state index contributed by atoms with van der Waals surface area (Å²) in [6.07, 6.45) is 0.603. The largest absolute Gasteiger partial charge is 0.393 e. The SMILES string of the molecule is CCC(C)N(C)S(=O)(=O)c1cccc(N)c1[N+](=O)[O-]. The van der Waals surface area contributed by atoms with E-state index in [1.165, 1.54) is 25.2 Å². The molecule has 0 saturated carbocycles. The zero-order valence-electron chi connectivity index (χ0n) is 11.0. The molecule has 1 aromatic carbocycles. The van der Waals surface area contributed by atoms with Crippen molar-refractivity contribution >= 4 is 21.4 Å². The highest BCUT2D eigenvalue weighted by Gasteiger charge is 2.32. The standard InChI is InChI=1S/C11H17N3O4S/c1-4-8(2)13(3)19(17,18)10-7-5-6-9(12)11(10)14(15)16/h5-8H,4,12H2,1-3H3. The van der Waals surface area contributed by atoms with Crippen LogP contribution in [0.4, 0.5) is 11.4 Å². The third-order valence-corrected chi connectivity index (χ3v) is 5.08. The fourth-order valence-corrected chi connectivity index (χ4v) is 3.21. The minimum Gasteiger partial charge on any atom is -0.393 e. The fourth-order valence-electron chi connectivity index (χ4n) is 1.59. The number of nitro benzene ring substituents is 1. The van der Waals surface area contributed by atoms with E-state index in [4.69, 9.17) is 5.73 Å². The zero-order valence-corrected chi connectivity index (χ0v) is 11.8. The molecule has 0 saturated heterocycles. The average molecular weight is 287 g/mol. The van der Waals surface area contributed by atoms with E-state index in [0.29, 0.717) is 6.42 Å². The first-order chi connectivity index (χ1) is 8.73. The van der Waals surface area contributed by atoms with Crippen LogP contribution in [-0.4, -0.2) is 30.7 Å². The number of para-hydroxylation sites is 1. The van der Waals surface area contributed by atoms with E-state index in [0.717, 1.165) is 4.31 Å². The van der Waals surface area contributed by atoms with Crippen LogP contribution in [0.15, 0.2) is 23.1 Å². The van der Waals surface area contributed by atoms with Crippen LogP contribution in [0.2, 0.25) is 0 Å². The maximum atomic E-state index is 12.4. The Morgan fingerprint density at radius 2 is 2.05 bits per heavy atom. The molecule has 8 heteroatoms. The van der Waals surface area contributed by atoms with Crippen molar-refractivity contribution in [2.75, 3.05) is 12.8 Å². The number of nitrogens with two attached hydrogens (primary N) is 1. The van der Waals surface area contributed by atoms with Gasteiger partial charge >= 0.3 is 5.69 Å². The Bertz CT molecular complexity index is 586. The van der Waals surface area contributed by atoms with Gasteiger partial charge in [0.1, 0.15) is 5.69 Å². The molecule has 106 valence electrons. The predicted molar refractivity (Wildman–Crippen MR) is 72.2 cm³/mol. The Morgan fingerprint density at radius 1 is 1.47 bits per heavy atom. The Labute approximate surface area is 112 Å². The minimum absolute atomic E-state index is 0.163. The molecule has 1 atom stereocenters. The van der Waals surface area contributed by atoms with Gasteiger partial charge in [-0.15, -0.1) is 0 Å². The van der Waals surface area contributed by atoms with E-state index < -0.39 is 20.6 Å². The van der Waals surface area contributed by atoms with E-state index >= 15 is 0 Å². The number of anilines is 1. The quantitative estimate of drug-likeness (QED) is 0.503. The second-order valence-corrected chi connectivity index (χ2v) is 6.20. The lowest BCUT2D eigenvalue weighted by atomic mass is 10.3. The maximum Gasteiger partial charge on any atom is 0.312 e. The van der Waals surface area contributed by atoms with Crippen LogP contribution in [0.5, 0.6) is 0 Å². The van der Waals surface area contributed by atoms with Crippen molar-refractivity contribution in [3.8, 4) is 0 Å². The average Bonchev–Trinajstić information content (AvgIpc) is 2.35. The van der Waals surface area contributed by atoms with Gasteiger partial charge in [-0.3, -0.25) is 10.1 Å². The van der Waals surface area contributed by atoms with Crippen molar-refractivity contribution in [1.29, 1.82) is 0 Å². The fraction of sp³-hybridized carbons (Fsp3) is 0.455. The van der Waals surface area contributed by atoms with Crippen molar-refractivity contribution in [3.63, 3.8) is 0 Å². The lowest BCUT2D eigenvalue weighted by Crippen LogP contribution is -2.35. The molecule has 0 radical (unpaired) electrons. The smallest absolute Gasteiger partial charge is 0.312 e. The lowest BCUT2D eigenvalue weighted by Gasteiger charge is -2.23. The van der Waals surface area contributed by atoms with Crippen molar-refractivity contribution in [2.24, 2.45) is 0 Å². The van der Waals surface area contributed by atoms with Crippen molar-refractivity contribution in [2.45, 2.75) is 31.2 Å². The van der Waals surface area contributed by atoms with Crippen LogP contribution in [0.25, 0.3) is 0 Å². The van der Waals surface area contributed by atoms with Crippen LogP contribution in [0.1, 0.15) is 20.3 Å². The Kier molecular flexibility index (Phi) is 4.48. The summed E-state index contributed by atoms with van der Waals surface area (Å²) < 4.78 is 25.9. The number of benzene rings is 1. The first-order valence-electron chi connectivity index (χ1n) is 5.74. The Hall–Kier alpha value is -1.67. The summed E-state index contributed by atoms with van der Waals surface area (Å²) in [6.45, 7) is 3.57. The first-order valence-corrected chi connectivity index (χ1v) is 7.18. The molecule has 0 aliphatic heterocycles. The van der Waals surface area contributed by atoms with E-state index in [9.17, 15) is 18.5 Å². The first kappa shape index (κ1) is 15.4. The maximum absolute atomic E-state index is 12.4. The Morgan fingerprint density at radius 3 is 2.53 bits per heavy atom. The van der Waals surface area contributed by atoms with Gasteiger partial charge in [0.25, 0.3) is 0 Å². The summed E-state index contributed by atoms with van der Waals surface area (Å²) in [7, 11) is -2.54. The number of nitro groups is 1. The van der Waals surface area contributed by atoms with Gasteiger partial charge in [-0.1, -0.05) is 13.0 Å². The van der Waals surface area contributed by atoms with Crippen molar-refractivity contribution in [1.82, 2.24) is 4.31 Å². The van der Waals surface area contributed by atoms with Crippen molar-refractivity contribution < 1.29 is 13.3 Å². The normalized spacial score (nSPS) is 13.5. The molecule has 0 aromatic heterocycles. The molecule has 0 heterocycles. The number of hydrogen-bond donors (Lipinski definition) is 1. The minimum atomic E-state index is -3.94. The van der Waals surface area contributed by atoms with Crippen LogP contribution in [-0.2, 0) is 10.0 Å². The summed E-state index contributed by atoms with van der Waals surface area (Å²) in [5, 5.41) is 11.0. The summed E-state index contributed by atoms with van der Waals surface area (Å²) in [6, 6.07) is 3.63. The second-order valence-electron chi connectivity index (χ2n) is 4.23. The van der Waals surface area contributed by atoms with E-state index in [2.05, 4.69) is 0 Å². The summed E-state index contributed by atoms with van der Waals surface area (Å²) in [5.41, 5.74) is 4.77. The third kappa shape index (κ3) is 2.85. The van der Waals surface area contributed by atoms with Crippen LogP contribution in [0, 0.1) is 10.1 Å². The number of sulfonamides is 1. The lowest BCUT2D eigenvalue weighted by molar-refractivity contribution is -0.386. The number of nitrogen functional groups attached to an aromatic ring is 1. The topological polar surface area (TPSA) is 107 Å². The zero-order chi connectivity index (χ0) is 14.8. The van der Waals surface area contributed by atoms with Gasteiger partial charge in [-0.25, -0.2) is 8.42 Å². The molecule has 0 spiro atoms. The number of hydrogen-bond acceptors (Lipinski definition) is 5. The highest BCUT2D eigenvalue weighted by molar-refractivity contribution is 7.89. The predicted octanol–water partition coefficient (Wildman–Crippen LogP) is 1.60. The van der Waals surface area contributed by atoms with Gasteiger partial charge < -0.3 is 5.73 Å². The van der Waals surface area contributed by atoms with Gasteiger partial charge in [0.2, 0.25) is 10.0 Å². The van der Waals surface area contributed by atoms with Crippen LogP contribution in [0.3, 0.4) is 0 Å². The van der Waals surface area contributed by atoms with Gasteiger partial charge in [0, 0.05) is 13.1 Å². The van der Waals surface area contributed by atoms with Gasteiger partial charge in [-0.05, 0) is 25.5 Å². The highest BCUT2D eigenvalue weighted by atomic mass is 32.2. The number of rotatable bonds is 5. The monoisotopic (exact) mass is 287 g/mol. The van der Waals surface area contributed by atoms with E-state index in [1.54, 1.807) is 6.92 Å². The van der Waals surface area contributed by atoms with Gasteiger partial charge in [-0.2, -0.15) is 4.31 Å². The molecule has 0 amide bonds. The summed E-state index contributed by atoms with van der Waals surface area (Å²) in [4.78, 5) is 9.85. The highest BCUT2D eigenvalue weighted by Crippen LogP contribution is 2.32. The molecule has 1 unspecified atom stereocenters. The molecule has 0 fully saturated rings. The Balaban J connectivity index is 3.46. The molecule has 19 heavy (non-hydrogen) atoms. The van der Waals surface area contributed by atoms with Gasteiger partial charge in [0.15, 0.2) is 4.90 Å². The third-order valence-electron chi connectivity index (χ3n) is 3.08. The van der Waals surface area contributed by atoms with E-state index in [-0.39, 0.29) is 16.6 Å². The molecule has 0 aliphatic rings. The molecular weight excluding hydrogens is 270 g/mol. The van der Waals surface area contributed by atoms with Gasteiger partial charge in [0.05, 0.1) is 4.92 Å². The molecule has 0 aliphatic carbocycles. The summed E-state index contributed by atoms with van der Waals surface area (Å²) in [5.74, 6) is 0. The van der Waals surface area contributed by atoms with Crippen LogP contribution >= 0.6 is 0 Å². The molecule has 1 rings (SSSR count). The van der Waals surface area contributed by atoms with Crippen LogP contribution < -0.4 is 5.73 Å². The van der Waals surface area contributed by atoms with Crippen molar-refractivity contribution in [3.05, 3.63) is 28.3 Å². The molecule has 0 bridgehead atoms. The molecular formula is C11H17N3O4S. The second kappa shape index (κ2) is 5.54. The molecule has 2 N–H and O–H groups in total. The molecule has 1 aromatic rings. The number of nitrogens with zero attached hydrogens (tertiary/aromatic N) is 2. The summed E-state index contributed by atoms with van der Waals surface area (Å²) >= 11 is 0. The van der Waals surface area contributed by atoms with E-state index in [1.807, 2.05) is 6.92 Å². The molecule has 7 nitrogen and oxygen atoms in total.